The Balaban J connectivity index is 2.30. The summed E-state index contributed by atoms with van der Waals surface area (Å²) in [7, 11) is 0. The van der Waals surface area contributed by atoms with Crippen molar-refractivity contribution >= 4 is 5.78 Å². The van der Waals surface area contributed by atoms with Gasteiger partial charge < -0.3 is 0 Å². The van der Waals surface area contributed by atoms with Crippen molar-refractivity contribution in [3.63, 3.8) is 0 Å². The molecule has 2 atom stereocenters. The van der Waals surface area contributed by atoms with Gasteiger partial charge in [-0.25, -0.2) is 0 Å². The van der Waals surface area contributed by atoms with Crippen LogP contribution in [0.4, 0.5) is 0 Å². The molecule has 0 amide bonds. The predicted molar refractivity (Wildman–Crippen MR) is 85.7 cm³/mol. The molecule has 0 aliphatic rings. The normalized spacial score (nSPS) is 13.4. The predicted octanol–water partition coefficient (Wildman–Crippen LogP) is 3.87. The zero-order valence-electron chi connectivity index (χ0n) is 12.7. The van der Waals surface area contributed by atoms with Crippen LogP contribution in [0.5, 0.6) is 0 Å². The highest BCUT2D eigenvalue weighted by Crippen LogP contribution is 2.28. The molecule has 2 aromatic carbocycles. The van der Waals surface area contributed by atoms with E-state index >= 15 is 0 Å². The summed E-state index contributed by atoms with van der Waals surface area (Å²) in [5.41, 5.74) is 2.51. The van der Waals surface area contributed by atoms with Gasteiger partial charge in [0, 0.05) is 16.4 Å². The van der Waals surface area contributed by atoms with Crippen molar-refractivity contribution in [2.45, 2.75) is 19.8 Å². The summed E-state index contributed by atoms with van der Waals surface area (Å²) in [6, 6.07) is 16.5. The van der Waals surface area contributed by atoms with Crippen LogP contribution in [0, 0.1) is 23.0 Å². The van der Waals surface area contributed by atoms with Gasteiger partial charge in [0.05, 0.1) is 5.92 Å². The molecule has 0 saturated carbocycles. The van der Waals surface area contributed by atoms with Crippen LogP contribution in [0.3, 0.4) is 0 Å². The number of ketones is 1. The van der Waals surface area contributed by atoms with E-state index < -0.39 is 11.8 Å². The Hall–Kier alpha value is -2.49. The first-order valence-electron chi connectivity index (χ1n) is 7.26. The van der Waals surface area contributed by atoms with Crippen LogP contribution in [0.15, 0.2) is 54.6 Å². The number of nitro groups is 1. The van der Waals surface area contributed by atoms with Gasteiger partial charge in [0.2, 0.25) is 6.54 Å². The van der Waals surface area contributed by atoms with Gasteiger partial charge in [0.25, 0.3) is 0 Å². The first-order chi connectivity index (χ1) is 10.5. The molecule has 2 unspecified atom stereocenters. The number of carbonyl (C=O) groups is 1. The summed E-state index contributed by atoms with van der Waals surface area (Å²) in [6.07, 6.45) is 0. The van der Waals surface area contributed by atoms with Crippen LogP contribution < -0.4 is 0 Å². The van der Waals surface area contributed by atoms with Crippen LogP contribution in [-0.2, 0) is 0 Å². The van der Waals surface area contributed by atoms with Crippen molar-refractivity contribution < 1.29 is 9.72 Å². The molecule has 0 radical (unpaired) electrons. The molecule has 0 fully saturated rings. The first-order valence-corrected chi connectivity index (χ1v) is 7.26. The van der Waals surface area contributed by atoms with Gasteiger partial charge in [0.15, 0.2) is 5.78 Å². The zero-order valence-corrected chi connectivity index (χ0v) is 12.7. The smallest absolute Gasteiger partial charge is 0.211 e. The summed E-state index contributed by atoms with van der Waals surface area (Å²) < 4.78 is 0. The second kappa shape index (κ2) is 6.98. The largest absolute Gasteiger partial charge is 0.294 e. The van der Waals surface area contributed by atoms with E-state index in [1.807, 2.05) is 37.3 Å². The van der Waals surface area contributed by atoms with Gasteiger partial charge in [-0.15, -0.1) is 0 Å². The van der Waals surface area contributed by atoms with Gasteiger partial charge >= 0.3 is 0 Å². The second-order valence-electron chi connectivity index (χ2n) is 5.55. The second-order valence-corrected chi connectivity index (χ2v) is 5.55. The quantitative estimate of drug-likeness (QED) is 0.462. The Kier molecular flexibility index (Phi) is 5.04. The molecule has 0 heterocycles. The van der Waals surface area contributed by atoms with E-state index in [1.165, 1.54) is 0 Å². The molecule has 2 rings (SSSR count). The third kappa shape index (κ3) is 3.79. The maximum Gasteiger partial charge on any atom is 0.211 e. The van der Waals surface area contributed by atoms with E-state index in [0.717, 1.165) is 11.1 Å². The Morgan fingerprint density at radius 1 is 1.09 bits per heavy atom. The molecule has 4 nitrogen and oxygen atoms in total. The fraction of sp³-hybridized carbons (Fsp3) is 0.278. The highest BCUT2D eigenvalue weighted by molar-refractivity contribution is 5.98. The van der Waals surface area contributed by atoms with Crippen LogP contribution in [0.1, 0.15) is 34.3 Å². The molecule has 0 N–H and O–H groups in total. The number of nitrogens with zero attached hydrogens (tertiary/aromatic N) is 1. The maximum absolute atomic E-state index is 12.6. The minimum atomic E-state index is -0.449. The number of hydrogen-bond acceptors (Lipinski definition) is 3. The van der Waals surface area contributed by atoms with Crippen LogP contribution >= 0.6 is 0 Å². The van der Waals surface area contributed by atoms with E-state index in [9.17, 15) is 14.9 Å². The maximum atomic E-state index is 12.6. The third-order valence-corrected chi connectivity index (χ3v) is 3.93. The van der Waals surface area contributed by atoms with Gasteiger partial charge in [0.1, 0.15) is 0 Å². The summed E-state index contributed by atoms with van der Waals surface area (Å²) in [5.74, 6) is -0.938. The van der Waals surface area contributed by atoms with Crippen molar-refractivity contribution in [1.82, 2.24) is 0 Å². The van der Waals surface area contributed by atoms with Crippen molar-refractivity contribution in [3.05, 3.63) is 81.4 Å². The molecule has 2 aromatic rings. The number of carbonyl (C=O) groups excluding carboxylic acids is 1. The SMILES string of the molecule is Cc1ccc(C(C[N+](=O)[O-])C(C)C(=O)c2ccccc2)cc1. The highest BCUT2D eigenvalue weighted by Gasteiger charge is 2.30. The lowest BCUT2D eigenvalue weighted by atomic mass is 9.82. The van der Waals surface area contributed by atoms with E-state index in [4.69, 9.17) is 0 Å². The highest BCUT2D eigenvalue weighted by atomic mass is 16.6. The van der Waals surface area contributed by atoms with E-state index in [-0.39, 0.29) is 17.3 Å². The van der Waals surface area contributed by atoms with Gasteiger partial charge in [-0.05, 0) is 12.5 Å². The molecular weight excluding hydrogens is 278 g/mol. The van der Waals surface area contributed by atoms with Crippen molar-refractivity contribution in [2.24, 2.45) is 5.92 Å². The molecular formula is C18H19NO3. The Bertz CT molecular complexity index is 650. The number of benzene rings is 2. The molecule has 0 saturated heterocycles. The van der Waals surface area contributed by atoms with Gasteiger partial charge in [-0.2, -0.15) is 0 Å². The van der Waals surface area contributed by atoms with Crippen molar-refractivity contribution in [2.75, 3.05) is 6.54 Å². The summed E-state index contributed by atoms with van der Waals surface area (Å²) >= 11 is 0. The molecule has 0 aliphatic carbocycles. The van der Waals surface area contributed by atoms with Gasteiger partial charge in [-0.3, -0.25) is 14.9 Å². The third-order valence-electron chi connectivity index (χ3n) is 3.93. The van der Waals surface area contributed by atoms with Crippen LogP contribution in [0.2, 0.25) is 0 Å². The molecule has 22 heavy (non-hydrogen) atoms. The van der Waals surface area contributed by atoms with E-state index in [2.05, 4.69) is 0 Å². The van der Waals surface area contributed by atoms with Crippen molar-refractivity contribution in [1.29, 1.82) is 0 Å². The first kappa shape index (κ1) is 15.9. The Morgan fingerprint density at radius 3 is 2.23 bits per heavy atom. The number of hydrogen-bond donors (Lipinski definition) is 0. The zero-order chi connectivity index (χ0) is 16.1. The number of Topliss-reactive ketones (excluding diaryl/α,β-unsaturated/α-hetero) is 1. The Morgan fingerprint density at radius 2 is 1.68 bits per heavy atom. The lowest BCUT2D eigenvalue weighted by Gasteiger charge is -2.20. The molecule has 0 aliphatic heterocycles. The molecule has 0 aromatic heterocycles. The topological polar surface area (TPSA) is 60.2 Å². The lowest BCUT2D eigenvalue weighted by molar-refractivity contribution is -0.484. The Labute approximate surface area is 129 Å². The average molecular weight is 297 g/mol. The number of aryl methyl sites for hydroxylation is 1. The minimum Gasteiger partial charge on any atom is -0.294 e. The summed E-state index contributed by atoms with van der Waals surface area (Å²) in [5, 5.41) is 11.0. The number of rotatable bonds is 6. The molecule has 114 valence electrons. The fourth-order valence-electron chi connectivity index (χ4n) is 2.57. The van der Waals surface area contributed by atoms with E-state index in [0.29, 0.717) is 5.56 Å². The standard InChI is InChI=1S/C18H19NO3/c1-13-8-10-15(11-9-13)17(12-19(21)22)14(2)18(20)16-6-4-3-5-7-16/h3-11,14,17H,12H2,1-2H3. The minimum absolute atomic E-state index is 0.0620. The summed E-state index contributed by atoms with van der Waals surface area (Å²) in [4.78, 5) is 23.2. The lowest BCUT2D eigenvalue weighted by Crippen LogP contribution is -2.25. The van der Waals surface area contributed by atoms with Crippen LogP contribution in [0.25, 0.3) is 0 Å². The molecule has 0 spiro atoms. The summed E-state index contributed by atoms with van der Waals surface area (Å²) in [6.45, 7) is 3.48. The van der Waals surface area contributed by atoms with Crippen LogP contribution in [-0.4, -0.2) is 17.3 Å². The fourth-order valence-corrected chi connectivity index (χ4v) is 2.57. The average Bonchev–Trinajstić information content (AvgIpc) is 2.53. The molecule has 0 bridgehead atoms. The van der Waals surface area contributed by atoms with Gasteiger partial charge in [-0.1, -0.05) is 67.1 Å². The monoisotopic (exact) mass is 297 g/mol. The van der Waals surface area contributed by atoms with Crippen molar-refractivity contribution in [3.8, 4) is 0 Å². The van der Waals surface area contributed by atoms with E-state index in [1.54, 1.807) is 31.2 Å². The molecule has 4 heteroatoms.